The van der Waals surface area contributed by atoms with E-state index < -0.39 is 0 Å². The molecule has 1 aromatic heterocycles. The van der Waals surface area contributed by atoms with Crippen molar-refractivity contribution in [2.75, 3.05) is 27.3 Å². The Kier molecular flexibility index (Phi) is 5.57. The summed E-state index contributed by atoms with van der Waals surface area (Å²) >= 11 is 0. The number of nitrogens with one attached hydrogen (secondary N) is 1. The lowest BCUT2D eigenvalue weighted by Gasteiger charge is -2.07. The predicted octanol–water partition coefficient (Wildman–Crippen LogP) is 2.30. The molecule has 2 rings (SSSR count). The molecule has 0 saturated heterocycles. The molecule has 0 aliphatic heterocycles. The number of methoxy groups -OCH3 is 2. The maximum Gasteiger partial charge on any atom is 0.251 e. The minimum atomic E-state index is 0.448. The Morgan fingerprint density at radius 3 is 2.76 bits per heavy atom. The third kappa shape index (κ3) is 3.95. The van der Waals surface area contributed by atoms with Crippen LogP contribution in [-0.4, -0.2) is 37.5 Å². The van der Waals surface area contributed by atoms with Gasteiger partial charge in [0.1, 0.15) is 11.5 Å². The lowest BCUT2D eigenvalue weighted by molar-refractivity contribution is 0.402. The van der Waals surface area contributed by atoms with Gasteiger partial charge in [-0.3, -0.25) is 0 Å². The van der Waals surface area contributed by atoms with Gasteiger partial charge in [-0.1, -0.05) is 6.92 Å². The van der Waals surface area contributed by atoms with E-state index in [9.17, 15) is 0 Å². The summed E-state index contributed by atoms with van der Waals surface area (Å²) in [7, 11) is 3.23. The molecule has 0 spiro atoms. The monoisotopic (exact) mass is 291 g/mol. The summed E-state index contributed by atoms with van der Waals surface area (Å²) in [6.07, 6.45) is 1.72. The summed E-state index contributed by atoms with van der Waals surface area (Å²) in [6.45, 7) is 3.99. The highest BCUT2D eigenvalue weighted by Gasteiger charge is 2.14. The molecule has 0 unspecified atom stereocenters. The van der Waals surface area contributed by atoms with Gasteiger partial charge in [0.05, 0.1) is 19.8 Å². The zero-order valence-corrected chi connectivity index (χ0v) is 12.7. The molecule has 0 aliphatic carbocycles. The molecule has 0 bridgehead atoms. The number of hydrogen-bond acceptors (Lipinski definition) is 6. The zero-order valence-electron chi connectivity index (χ0n) is 12.7. The van der Waals surface area contributed by atoms with Crippen molar-refractivity contribution in [3.63, 3.8) is 0 Å². The van der Waals surface area contributed by atoms with E-state index in [1.54, 1.807) is 14.2 Å². The summed E-state index contributed by atoms with van der Waals surface area (Å²) < 4.78 is 16.3. The first-order valence-corrected chi connectivity index (χ1v) is 7.04. The molecule has 6 heteroatoms. The van der Waals surface area contributed by atoms with Crippen LogP contribution in [0.2, 0.25) is 0 Å². The van der Waals surface area contributed by atoms with E-state index in [0.717, 1.165) is 37.2 Å². The lowest BCUT2D eigenvalue weighted by atomic mass is 10.2. The number of ether oxygens (including phenoxy) is 2. The fraction of sp³-hybridized carbons (Fsp3) is 0.467. The van der Waals surface area contributed by atoms with E-state index in [-0.39, 0.29) is 0 Å². The van der Waals surface area contributed by atoms with Crippen LogP contribution < -0.4 is 14.8 Å². The molecule has 0 fully saturated rings. The van der Waals surface area contributed by atoms with E-state index in [1.807, 2.05) is 18.2 Å². The number of rotatable bonds is 8. The molecule has 6 nitrogen and oxygen atoms in total. The quantitative estimate of drug-likeness (QED) is 0.753. The standard InChI is InChI=1S/C15H21N3O3/c1-4-16-9-5-6-14-17-18-15(21-14)12-10-11(19-2)7-8-13(12)20-3/h7-8,10,16H,4-6,9H2,1-3H3. The van der Waals surface area contributed by atoms with Crippen LogP contribution in [0.3, 0.4) is 0 Å². The van der Waals surface area contributed by atoms with E-state index >= 15 is 0 Å². The molecule has 0 radical (unpaired) electrons. The van der Waals surface area contributed by atoms with Crippen LogP contribution in [-0.2, 0) is 6.42 Å². The Balaban J connectivity index is 2.13. The molecule has 1 N–H and O–H groups in total. The molecular weight excluding hydrogens is 270 g/mol. The first-order chi connectivity index (χ1) is 10.3. The van der Waals surface area contributed by atoms with Crippen LogP contribution in [0.1, 0.15) is 19.2 Å². The van der Waals surface area contributed by atoms with Crippen molar-refractivity contribution in [3.8, 4) is 23.0 Å². The molecule has 0 aliphatic rings. The summed E-state index contributed by atoms with van der Waals surface area (Å²) in [5.41, 5.74) is 0.738. The van der Waals surface area contributed by atoms with Gasteiger partial charge in [-0.05, 0) is 37.7 Å². The van der Waals surface area contributed by atoms with Crippen LogP contribution in [0.15, 0.2) is 22.6 Å². The molecule has 0 saturated carbocycles. The number of benzene rings is 1. The minimum Gasteiger partial charge on any atom is -0.497 e. The van der Waals surface area contributed by atoms with Crippen LogP contribution in [0.5, 0.6) is 11.5 Å². The molecule has 0 amide bonds. The van der Waals surface area contributed by atoms with E-state index in [1.165, 1.54) is 0 Å². The van der Waals surface area contributed by atoms with Crippen molar-refractivity contribution in [2.45, 2.75) is 19.8 Å². The first-order valence-electron chi connectivity index (χ1n) is 7.04. The van der Waals surface area contributed by atoms with Gasteiger partial charge in [0, 0.05) is 6.42 Å². The Morgan fingerprint density at radius 1 is 1.19 bits per heavy atom. The molecule has 114 valence electrons. The molecule has 1 aromatic carbocycles. The summed E-state index contributed by atoms with van der Waals surface area (Å²) in [4.78, 5) is 0. The van der Waals surface area contributed by atoms with Crippen molar-refractivity contribution in [3.05, 3.63) is 24.1 Å². The van der Waals surface area contributed by atoms with Gasteiger partial charge < -0.3 is 19.2 Å². The Hall–Kier alpha value is -2.08. The van der Waals surface area contributed by atoms with E-state index in [2.05, 4.69) is 22.4 Å². The largest absolute Gasteiger partial charge is 0.497 e. The van der Waals surface area contributed by atoms with Gasteiger partial charge in [-0.25, -0.2) is 0 Å². The van der Waals surface area contributed by atoms with Gasteiger partial charge in [-0.2, -0.15) is 0 Å². The molecule has 21 heavy (non-hydrogen) atoms. The zero-order chi connectivity index (χ0) is 15.1. The van der Waals surface area contributed by atoms with Crippen molar-refractivity contribution in [1.82, 2.24) is 15.5 Å². The van der Waals surface area contributed by atoms with E-state index in [4.69, 9.17) is 13.9 Å². The second-order valence-corrected chi connectivity index (χ2v) is 4.52. The number of aryl methyl sites for hydroxylation is 1. The average molecular weight is 291 g/mol. The van der Waals surface area contributed by atoms with Crippen LogP contribution >= 0.6 is 0 Å². The van der Waals surface area contributed by atoms with Crippen molar-refractivity contribution >= 4 is 0 Å². The van der Waals surface area contributed by atoms with Gasteiger partial charge in [0.2, 0.25) is 5.89 Å². The topological polar surface area (TPSA) is 69.4 Å². The normalized spacial score (nSPS) is 10.6. The fourth-order valence-corrected chi connectivity index (χ4v) is 1.99. The maximum atomic E-state index is 5.71. The third-order valence-corrected chi connectivity index (χ3v) is 3.10. The first kappa shape index (κ1) is 15.3. The average Bonchev–Trinajstić information content (AvgIpc) is 2.99. The van der Waals surface area contributed by atoms with Crippen LogP contribution in [0.4, 0.5) is 0 Å². The van der Waals surface area contributed by atoms with Crippen molar-refractivity contribution < 1.29 is 13.9 Å². The second kappa shape index (κ2) is 7.64. The fourth-order valence-electron chi connectivity index (χ4n) is 1.99. The summed E-state index contributed by atoms with van der Waals surface area (Å²) in [6, 6.07) is 5.48. The molecule has 2 aromatic rings. The maximum absolute atomic E-state index is 5.71. The SMILES string of the molecule is CCNCCCc1nnc(-c2cc(OC)ccc2OC)o1. The molecule has 1 heterocycles. The number of nitrogens with zero attached hydrogens (tertiary/aromatic N) is 2. The number of aromatic nitrogens is 2. The predicted molar refractivity (Wildman–Crippen MR) is 79.7 cm³/mol. The highest BCUT2D eigenvalue weighted by atomic mass is 16.5. The van der Waals surface area contributed by atoms with Gasteiger partial charge in [0.25, 0.3) is 5.89 Å². The smallest absolute Gasteiger partial charge is 0.251 e. The molecular formula is C15H21N3O3. The minimum absolute atomic E-state index is 0.448. The van der Waals surface area contributed by atoms with Gasteiger partial charge in [-0.15, -0.1) is 10.2 Å². The van der Waals surface area contributed by atoms with Crippen molar-refractivity contribution in [2.24, 2.45) is 0 Å². The summed E-state index contributed by atoms with van der Waals surface area (Å²) in [5, 5.41) is 11.4. The highest BCUT2D eigenvalue weighted by molar-refractivity contribution is 5.64. The third-order valence-electron chi connectivity index (χ3n) is 3.10. The molecule has 0 atom stereocenters. The van der Waals surface area contributed by atoms with Gasteiger partial charge in [0.15, 0.2) is 0 Å². The Labute approximate surface area is 124 Å². The number of hydrogen-bond donors (Lipinski definition) is 1. The Morgan fingerprint density at radius 2 is 2.05 bits per heavy atom. The Bertz CT molecular complexity index is 569. The van der Waals surface area contributed by atoms with Crippen LogP contribution in [0.25, 0.3) is 11.5 Å². The summed E-state index contributed by atoms with van der Waals surface area (Å²) in [5.74, 6) is 2.48. The van der Waals surface area contributed by atoms with Crippen molar-refractivity contribution in [1.29, 1.82) is 0 Å². The highest BCUT2D eigenvalue weighted by Crippen LogP contribution is 2.32. The van der Waals surface area contributed by atoms with Gasteiger partial charge >= 0.3 is 0 Å². The van der Waals surface area contributed by atoms with Crippen LogP contribution in [0, 0.1) is 0 Å². The lowest BCUT2D eigenvalue weighted by Crippen LogP contribution is -2.14. The second-order valence-electron chi connectivity index (χ2n) is 4.52. The van der Waals surface area contributed by atoms with E-state index in [0.29, 0.717) is 17.5 Å².